The fraction of sp³-hybridized carbons (Fsp3) is 0.162. The molecule has 1 heterocycles. The number of aliphatic imine (C=N–C) groups is 1. The van der Waals surface area contributed by atoms with E-state index in [9.17, 15) is 0 Å². The van der Waals surface area contributed by atoms with Crippen molar-refractivity contribution in [3.63, 3.8) is 0 Å². The number of hydrogen-bond acceptors (Lipinski definition) is 3. The van der Waals surface area contributed by atoms with Crippen LogP contribution in [0.1, 0.15) is 46.2 Å². The van der Waals surface area contributed by atoms with E-state index in [4.69, 9.17) is 9.73 Å². The van der Waals surface area contributed by atoms with Crippen molar-refractivity contribution >= 4 is 28.4 Å². The highest BCUT2D eigenvalue weighted by molar-refractivity contribution is 6.03. The minimum absolute atomic E-state index is 0.282. The van der Waals surface area contributed by atoms with Crippen molar-refractivity contribution in [1.29, 1.82) is 0 Å². The van der Waals surface area contributed by atoms with E-state index in [1.54, 1.807) is 0 Å². The molecule has 0 saturated heterocycles. The molecule has 3 heteroatoms. The van der Waals surface area contributed by atoms with E-state index >= 15 is 0 Å². The maximum Gasteiger partial charge on any atom is 0.129 e. The summed E-state index contributed by atoms with van der Waals surface area (Å²) in [5.74, 6) is 1.84. The zero-order valence-corrected chi connectivity index (χ0v) is 22.6. The predicted molar refractivity (Wildman–Crippen MR) is 166 cm³/mol. The third-order valence-corrected chi connectivity index (χ3v) is 8.28. The molecule has 3 nitrogen and oxygen atoms in total. The van der Waals surface area contributed by atoms with Gasteiger partial charge in [-0.3, -0.25) is 4.99 Å². The van der Waals surface area contributed by atoms with Crippen LogP contribution in [0, 0.1) is 12.8 Å². The fourth-order valence-corrected chi connectivity index (χ4v) is 6.22. The molecule has 0 amide bonds. The maximum absolute atomic E-state index is 6.29. The molecule has 0 aromatic heterocycles. The van der Waals surface area contributed by atoms with Crippen molar-refractivity contribution in [2.24, 2.45) is 10.9 Å². The molecular formula is C37H32N2O. The fourth-order valence-electron chi connectivity index (χ4n) is 6.22. The highest BCUT2D eigenvalue weighted by atomic mass is 16.5. The number of aryl methyl sites for hydroxylation is 1. The van der Waals surface area contributed by atoms with Crippen LogP contribution in [-0.2, 0) is 6.61 Å². The second kappa shape index (κ2) is 10.5. The molecule has 7 rings (SSSR count). The van der Waals surface area contributed by atoms with Crippen LogP contribution in [0.5, 0.6) is 5.75 Å². The van der Waals surface area contributed by atoms with Gasteiger partial charge in [0, 0.05) is 23.4 Å². The number of benzene rings is 5. The summed E-state index contributed by atoms with van der Waals surface area (Å²) in [6, 6.07) is 38.6. The van der Waals surface area contributed by atoms with Gasteiger partial charge in [0.25, 0.3) is 0 Å². The summed E-state index contributed by atoms with van der Waals surface area (Å²) in [6.45, 7) is 2.69. The number of nitrogens with zero attached hydrogens (tertiary/aromatic N) is 1. The molecule has 3 atom stereocenters. The average molecular weight is 521 g/mol. The van der Waals surface area contributed by atoms with Crippen molar-refractivity contribution in [1.82, 2.24) is 0 Å². The first kappa shape index (κ1) is 24.4. The molecule has 5 aromatic carbocycles. The third kappa shape index (κ3) is 4.69. The number of ether oxygens (including phenoxy) is 1. The average Bonchev–Trinajstić information content (AvgIpc) is 3.50. The van der Waals surface area contributed by atoms with Gasteiger partial charge in [-0.05, 0) is 71.0 Å². The molecule has 0 unspecified atom stereocenters. The Morgan fingerprint density at radius 1 is 0.875 bits per heavy atom. The first-order chi connectivity index (χ1) is 19.7. The topological polar surface area (TPSA) is 33.6 Å². The van der Waals surface area contributed by atoms with Crippen LogP contribution in [0.3, 0.4) is 0 Å². The zero-order valence-electron chi connectivity index (χ0n) is 22.6. The van der Waals surface area contributed by atoms with E-state index < -0.39 is 0 Å². The summed E-state index contributed by atoms with van der Waals surface area (Å²) in [6.07, 6.45) is 7.80. The van der Waals surface area contributed by atoms with Crippen LogP contribution in [-0.4, -0.2) is 6.21 Å². The largest absolute Gasteiger partial charge is 0.488 e. The van der Waals surface area contributed by atoms with Gasteiger partial charge in [-0.25, -0.2) is 0 Å². The summed E-state index contributed by atoms with van der Waals surface area (Å²) in [7, 11) is 0. The summed E-state index contributed by atoms with van der Waals surface area (Å²) in [5, 5.41) is 6.15. The Labute approximate surface area is 235 Å². The van der Waals surface area contributed by atoms with Gasteiger partial charge in [-0.2, -0.15) is 0 Å². The molecule has 0 radical (unpaired) electrons. The van der Waals surface area contributed by atoms with Crippen LogP contribution in [0.2, 0.25) is 0 Å². The highest BCUT2D eigenvalue weighted by Crippen LogP contribution is 2.50. The Bertz CT molecular complexity index is 1720. The van der Waals surface area contributed by atoms with Crippen molar-refractivity contribution in [2.45, 2.75) is 31.9 Å². The molecule has 5 aromatic rings. The van der Waals surface area contributed by atoms with Gasteiger partial charge >= 0.3 is 0 Å². The van der Waals surface area contributed by atoms with E-state index in [0.717, 1.165) is 34.4 Å². The lowest BCUT2D eigenvalue weighted by Gasteiger charge is -2.37. The quantitative estimate of drug-likeness (QED) is 0.179. The lowest BCUT2D eigenvalue weighted by atomic mass is 9.76. The number of rotatable bonds is 6. The monoisotopic (exact) mass is 520 g/mol. The van der Waals surface area contributed by atoms with Gasteiger partial charge in [-0.1, -0.05) is 103 Å². The molecule has 2 aliphatic rings. The highest BCUT2D eigenvalue weighted by Gasteiger charge is 2.37. The molecule has 0 bridgehead atoms. The zero-order chi connectivity index (χ0) is 26.9. The van der Waals surface area contributed by atoms with Gasteiger partial charge in [0.2, 0.25) is 0 Å². The normalized spacial score (nSPS) is 19.4. The minimum Gasteiger partial charge on any atom is -0.488 e. The standard InChI is InChI=1S/C37H32N2O/c1-25-14-20-35-33(22-25)31-12-7-13-32(31)37(39-35)28-15-18-29(19-16-28)38-23-34-30-11-6-5-10-27(30)17-21-36(34)40-24-26-8-3-2-4-9-26/h2-12,14-23,31-32,37,39H,13,24H2,1H3/t31-,32-,37-/m1/s1. The maximum atomic E-state index is 6.29. The third-order valence-electron chi connectivity index (χ3n) is 8.28. The molecule has 1 aliphatic heterocycles. The lowest BCUT2D eigenvalue weighted by molar-refractivity contribution is 0.306. The van der Waals surface area contributed by atoms with Crippen LogP contribution >= 0.6 is 0 Å². The van der Waals surface area contributed by atoms with Crippen molar-refractivity contribution in [3.8, 4) is 5.75 Å². The van der Waals surface area contributed by atoms with Gasteiger partial charge in [0.1, 0.15) is 12.4 Å². The Morgan fingerprint density at radius 2 is 1.70 bits per heavy atom. The molecule has 1 N–H and O–H groups in total. The number of fused-ring (bicyclic) bond motifs is 4. The number of allylic oxidation sites excluding steroid dienone is 2. The van der Waals surface area contributed by atoms with Crippen LogP contribution in [0.15, 0.2) is 126 Å². The van der Waals surface area contributed by atoms with E-state index in [1.807, 2.05) is 24.4 Å². The molecule has 1 aliphatic carbocycles. The van der Waals surface area contributed by atoms with Crippen LogP contribution in [0.4, 0.5) is 11.4 Å². The van der Waals surface area contributed by atoms with Gasteiger partial charge in [-0.15, -0.1) is 0 Å². The molecule has 40 heavy (non-hydrogen) atoms. The van der Waals surface area contributed by atoms with Crippen molar-refractivity contribution < 1.29 is 4.74 Å². The number of nitrogens with one attached hydrogen (secondary N) is 1. The first-order valence-electron chi connectivity index (χ1n) is 14.1. The Balaban J connectivity index is 1.15. The first-order valence-corrected chi connectivity index (χ1v) is 14.1. The summed E-state index contributed by atoms with van der Waals surface area (Å²) in [4.78, 5) is 4.90. The van der Waals surface area contributed by atoms with Gasteiger partial charge in [0.15, 0.2) is 0 Å². The minimum atomic E-state index is 0.282. The molecule has 0 saturated carbocycles. The van der Waals surface area contributed by atoms with E-state index in [-0.39, 0.29) is 6.04 Å². The number of anilines is 1. The van der Waals surface area contributed by atoms with Gasteiger partial charge in [0.05, 0.1) is 11.7 Å². The smallest absolute Gasteiger partial charge is 0.129 e. The van der Waals surface area contributed by atoms with Gasteiger partial charge < -0.3 is 10.1 Å². The molecule has 0 spiro atoms. The lowest BCUT2D eigenvalue weighted by Crippen LogP contribution is -2.29. The van der Waals surface area contributed by atoms with E-state index in [2.05, 4.69) is 115 Å². The van der Waals surface area contributed by atoms with E-state index in [0.29, 0.717) is 18.4 Å². The predicted octanol–water partition coefficient (Wildman–Crippen LogP) is 9.30. The summed E-state index contributed by atoms with van der Waals surface area (Å²) in [5.41, 5.74) is 8.38. The van der Waals surface area contributed by atoms with Crippen molar-refractivity contribution in [3.05, 3.63) is 149 Å². The molecular weight excluding hydrogens is 488 g/mol. The second-order valence-electron chi connectivity index (χ2n) is 10.9. The van der Waals surface area contributed by atoms with Crippen LogP contribution < -0.4 is 10.1 Å². The van der Waals surface area contributed by atoms with Crippen LogP contribution in [0.25, 0.3) is 10.8 Å². The molecule has 196 valence electrons. The Hall–Kier alpha value is -4.63. The van der Waals surface area contributed by atoms with Crippen molar-refractivity contribution in [2.75, 3.05) is 5.32 Å². The summed E-state index contributed by atoms with van der Waals surface area (Å²) < 4.78 is 6.29. The SMILES string of the molecule is Cc1ccc2c(c1)[C@@H]1C=CC[C@H]1[C@@H](c1ccc(N=Cc3c(OCc4ccccc4)ccc4ccccc34)cc1)N2. The number of hydrogen-bond donors (Lipinski definition) is 1. The molecule has 0 fully saturated rings. The van der Waals surface area contributed by atoms with E-state index in [1.165, 1.54) is 27.8 Å². The second-order valence-corrected chi connectivity index (χ2v) is 10.9. The summed E-state index contributed by atoms with van der Waals surface area (Å²) >= 11 is 0. The Kier molecular flexibility index (Phi) is 6.41. The Morgan fingerprint density at radius 3 is 2.58 bits per heavy atom.